The van der Waals surface area contributed by atoms with E-state index < -0.39 is 0 Å². The van der Waals surface area contributed by atoms with Gasteiger partial charge in [0.15, 0.2) is 0 Å². The number of nitrogens with one attached hydrogen (secondary N) is 1. The lowest BCUT2D eigenvalue weighted by Crippen LogP contribution is -2.22. The summed E-state index contributed by atoms with van der Waals surface area (Å²) in [5.74, 6) is -0.119. The molecule has 0 bridgehead atoms. The van der Waals surface area contributed by atoms with Gasteiger partial charge in [-0.15, -0.1) is 0 Å². The minimum Gasteiger partial charge on any atom is -0.352 e. The van der Waals surface area contributed by atoms with Crippen molar-refractivity contribution in [3.8, 4) is 0 Å². The predicted molar refractivity (Wildman–Crippen MR) is 61.0 cm³/mol. The van der Waals surface area contributed by atoms with Crippen molar-refractivity contribution in [1.29, 1.82) is 0 Å². The zero-order valence-electron chi connectivity index (χ0n) is 9.36. The molecule has 0 fully saturated rings. The lowest BCUT2D eigenvalue weighted by molar-refractivity contribution is 0.0955. The van der Waals surface area contributed by atoms with Gasteiger partial charge in [0.2, 0.25) is 6.08 Å². The second-order valence-corrected chi connectivity index (χ2v) is 3.38. The Hall–Kier alpha value is -1.93. The van der Waals surface area contributed by atoms with E-state index in [9.17, 15) is 9.59 Å². The molecule has 84 valence electrons. The maximum atomic E-state index is 11.6. The molecule has 1 aromatic rings. The summed E-state index contributed by atoms with van der Waals surface area (Å²) < 4.78 is 0. The molecule has 0 spiro atoms. The van der Waals surface area contributed by atoms with Crippen molar-refractivity contribution in [3.63, 3.8) is 0 Å². The maximum absolute atomic E-state index is 11.6. The summed E-state index contributed by atoms with van der Waals surface area (Å²) in [6.45, 7) is 4.23. The van der Waals surface area contributed by atoms with Crippen LogP contribution in [0.1, 0.15) is 35.8 Å². The average Bonchev–Trinajstić information content (AvgIpc) is 2.30. The average molecular weight is 218 g/mol. The van der Waals surface area contributed by atoms with E-state index >= 15 is 0 Å². The highest BCUT2D eigenvalue weighted by molar-refractivity contribution is 5.94. The van der Waals surface area contributed by atoms with Crippen LogP contribution in [0.25, 0.3) is 0 Å². The fourth-order valence-electron chi connectivity index (χ4n) is 1.36. The molecule has 0 aromatic heterocycles. The van der Waals surface area contributed by atoms with Crippen molar-refractivity contribution in [2.75, 3.05) is 6.54 Å². The number of amides is 1. The van der Waals surface area contributed by atoms with E-state index in [1.165, 1.54) is 6.08 Å². The van der Waals surface area contributed by atoms with Gasteiger partial charge in [0.05, 0.1) is 6.04 Å². The highest BCUT2D eigenvalue weighted by atomic mass is 16.1. The van der Waals surface area contributed by atoms with Crippen molar-refractivity contribution >= 4 is 12.0 Å². The van der Waals surface area contributed by atoms with Gasteiger partial charge < -0.3 is 5.32 Å². The van der Waals surface area contributed by atoms with E-state index in [1.807, 2.05) is 13.0 Å². The Kier molecular flexibility index (Phi) is 4.42. The van der Waals surface area contributed by atoms with Crippen LogP contribution in [0.15, 0.2) is 29.3 Å². The number of nitrogens with zero attached hydrogens (tertiary/aromatic N) is 1. The summed E-state index contributed by atoms with van der Waals surface area (Å²) in [5, 5.41) is 2.71. The predicted octanol–water partition coefficient (Wildman–Crippen LogP) is 1.83. The fourth-order valence-corrected chi connectivity index (χ4v) is 1.36. The zero-order valence-corrected chi connectivity index (χ0v) is 9.36. The van der Waals surface area contributed by atoms with E-state index in [2.05, 4.69) is 10.3 Å². The van der Waals surface area contributed by atoms with Crippen LogP contribution in [-0.4, -0.2) is 18.5 Å². The fraction of sp³-hybridized carbons (Fsp3) is 0.333. The van der Waals surface area contributed by atoms with Gasteiger partial charge in [-0.25, -0.2) is 4.79 Å². The molecule has 16 heavy (non-hydrogen) atoms. The summed E-state index contributed by atoms with van der Waals surface area (Å²) in [5.41, 5.74) is 1.40. The first-order valence-electron chi connectivity index (χ1n) is 5.14. The number of hydrogen-bond donors (Lipinski definition) is 1. The Morgan fingerprint density at radius 2 is 2.31 bits per heavy atom. The Bertz CT molecular complexity index is 423. The lowest BCUT2D eigenvalue weighted by Gasteiger charge is -2.07. The molecule has 0 heterocycles. The Morgan fingerprint density at radius 3 is 2.94 bits per heavy atom. The second kappa shape index (κ2) is 5.83. The van der Waals surface area contributed by atoms with Gasteiger partial charge in [0.1, 0.15) is 0 Å². The number of isocyanates is 1. The third-order valence-corrected chi connectivity index (χ3v) is 2.21. The highest BCUT2D eigenvalue weighted by Gasteiger charge is 2.08. The number of benzene rings is 1. The first kappa shape index (κ1) is 12.1. The topological polar surface area (TPSA) is 58.5 Å². The molecule has 0 saturated carbocycles. The van der Waals surface area contributed by atoms with Crippen LogP contribution in [0.4, 0.5) is 0 Å². The smallest absolute Gasteiger partial charge is 0.251 e. The van der Waals surface area contributed by atoms with Gasteiger partial charge in [0, 0.05) is 12.1 Å². The van der Waals surface area contributed by atoms with Crippen molar-refractivity contribution in [3.05, 3.63) is 35.4 Å². The van der Waals surface area contributed by atoms with Gasteiger partial charge in [-0.05, 0) is 31.5 Å². The summed E-state index contributed by atoms with van der Waals surface area (Å²) >= 11 is 0. The Labute approximate surface area is 94.4 Å². The molecule has 0 radical (unpaired) electrons. The quantitative estimate of drug-likeness (QED) is 0.619. The standard InChI is InChI=1S/C12H14N2O2/c1-3-13-12(16)11-6-4-5-10(7-11)9(2)14-8-15/h4-7,9H,3H2,1-2H3,(H,13,16). The minimum atomic E-state index is -0.271. The SMILES string of the molecule is CCNC(=O)c1cccc(C(C)N=C=O)c1. The Balaban J connectivity index is 2.94. The molecule has 1 rings (SSSR count). The van der Waals surface area contributed by atoms with Crippen molar-refractivity contribution in [2.45, 2.75) is 19.9 Å². The van der Waals surface area contributed by atoms with Crippen LogP contribution >= 0.6 is 0 Å². The van der Waals surface area contributed by atoms with Gasteiger partial charge in [-0.2, -0.15) is 4.99 Å². The third kappa shape index (κ3) is 3.04. The number of aliphatic imine (C=N–C) groups is 1. The van der Waals surface area contributed by atoms with Crippen LogP contribution in [0.3, 0.4) is 0 Å². The second-order valence-electron chi connectivity index (χ2n) is 3.38. The first-order chi connectivity index (χ1) is 7.69. The summed E-state index contributed by atoms with van der Waals surface area (Å²) in [6.07, 6.45) is 1.51. The van der Waals surface area contributed by atoms with E-state index in [1.54, 1.807) is 25.1 Å². The van der Waals surface area contributed by atoms with E-state index in [-0.39, 0.29) is 11.9 Å². The minimum absolute atomic E-state index is 0.119. The normalized spacial score (nSPS) is 11.4. The molecular formula is C12H14N2O2. The first-order valence-corrected chi connectivity index (χ1v) is 5.14. The van der Waals surface area contributed by atoms with Crippen molar-refractivity contribution < 1.29 is 9.59 Å². The van der Waals surface area contributed by atoms with E-state index in [0.717, 1.165) is 5.56 Å². The molecule has 0 aliphatic rings. The monoisotopic (exact) mass is 218 g/mol. The summed E-state index contributed by atoms with van der Waals surface area (Å²) in [6, 6.07) is 6.79. The van der Waals surface area contributed by atoms with Crippen LogP contribution < -0.4 is 5.32 Å². The third-order valence-electron chi connectivity index (χ3n) is 2.21. The summed E-state index contributed by atoms with van der Waals surface area (Å²) in [4.78, 5) is 25.3. The lowest BCUT2D eigenvalue weighted by atomic mass is 10.1. The molecular weight excluding hydrogens is 204 g/mol. The largest absolute Gasteiger partial charge is 0.352 e. The number of rotatable bonds is 4. The molecule has 4 heteroatoms. The molecule has 1 atom stereocenters. The van der Waals surface area contributed by atoms with Crippen LogP contribution in [0, 0.1) is 0 Å². The molecule has 1 unspecified atom stereocenters. The maximum Gasteiger partial charge on any atom is 0.251 e. The number of carbonyl (C=O) groups excluding carboxylic acids is 2. The van der Waals surface area contributed by atoms with Crippen LogP contribution in [-0.2, 0) is 4.79 Å². The van der Waals surface area contributed by atoms with E-state index in [0.29, 0.717) is 12.1 Å². The molecule has 1 amide bonds. The van der Waals surface area contributed by atoms with E-state index in [4.69, 9.17) is 0 Å². The number of carbonyl (C=O) groups is 1. The highest BCUT2D eigenvalue weighted by Crippen LogP contribution is 2.17. The Morgan fingerprint density at radius 1 is 1.56 bits per heavy atom. The van der Waals surface area contributed by atoms with Gasteiger partial charge in [-0.3, -0.25) is 4.79 Å². The zero-order chi connectivity index (χ0) is 12.0. The van der Waals surface area contributed by atoms with Gasteiger partial charge in [-0.1, -0.05) is 12.1 Å². The molecule has 0 saturated heterocycles. The van der Waals surface area contributed by atoms with Gasteiger partial charge >= 0.3 is 0 Å². The molecule has 0 aliphatic carbocycles. The number of hydrogen-bond acceptors (Lipinski definition) is 3. The molecule has 1 aromatic carbocycles. The van der Waals surface area contributed by atoms with Crippen LogP contribution in [0.2, 0.25) is 0 Å². The molecule has 1 N–H and O–H groups in total. The summed E-state index contributed by atoms with van der Waals surface area (Å²) in [7, 11) is 0. The molecule has 0 aliphatic heterocycles. The van der Waals surface area contributed by atoms with Gasteiger partial charge in [0.25, 0.3) is 5.91 Å². The van der Waals surface area contributed by atoms with Crippen molar-refractivity contribution in [1.82, 2.24) is 5.32 Å². The van der Waals surface area contributed by atoms with Crippen LogP contribution in [0.5, 0.6) is 0 Å². The molecule has 4 nitrogen and oxygen atoms in total. The van der Waals surface area contributed by atoms with Crippen molar-refractivity contribution in [2.24, 2.45) is 4.99 Å².